The van der Waals surface area contributed by atoms with Crippen LogP contribution in [0.4, 0.5) is 0 Å². The van der Waals surface area contributed by atoms with Crippen molar-refractivity contribution in [2.24, 2.45) is 17.8 Å². The Morgan fingerprint density at radius 2 is 0.710 bits per heavy atom. The molecule has 0 amide bonds. The van der Waals surface area contributed by atoms with E-state index in [9.17, 15) is 29.7 Å². The van der Waals surface area contributed by atoms with Crippen LogP contribution in [0.25, 0.3) is 0 Å². The number of hydrogen-bond acceptors (Lipinski definition) is 6. The Hall–Kier alpha value is -1.66. The Labute approximate surface area is 203 Å². The van der Waals surface area contributed by atoms with Crippen LogP contribution in [-0.4, -0.2) is 17.3 Å². The molecule has 0 atom stereocenters. The zero-order valence-corrected chi connectivity index (χ0v) is 22.1. The molecule has 0 heterocycles. The first-order valence-corrected chi connectivity index (χ1v) is 10.2. The Morgan fingerprint density at radius 1 is 0.548 bits per heavy atom. The van der Waals surface area contributed by atoms with E-state index in [0.717, 1.165) is 18.2 Å². The minimum atomic E-state index is -0.161. The van der Waals surface area contributed by atoms with Gasteiger partial charge in [0.05, 0.1) is 0 Å². The fourth-order valence-electron chi connectivity index (χ4n) is 2.06. The van der Waals surface area contributed by atoms with Crippen molar-refractivity contribution in [3.8, 4) is 0 Å². The van der Waals surface area contributed by atoms with Crippen molar-refractivity contribution in [2.45, 2.75) is 81.6 Å². The SMILES string of the molecule is CC(=O)C=C([O-])CC(C)C.CC(=O)C=C([O-])CC(C)C.CC(=O)C=C([O-])CC(C)C.[Ti+3]. The molecule has 0 saturated heterocycles. The van der Waals surface area contributed by atoms with E-state index >= 15 is 0 Å². The van der Waals surface area contributed by atoms with Crippen molar-refractivity contribution in [1.29, 1.82) is 0 Å². The molecule has 7 heteroatoms. The van der Waals surface area contributed by atoms with Crippen LogP contribution in [-0.2, 0) is 36.1 Å². The molecule has 0 aromatic rings. The van der Waals surface area contributed by atoms with Crippen molar-refractivity contribution in [1.82, 2.24) is 0 Å². The van der Waals surface area contributed by atoms with Crippen LogP contribution in [0.15, 0.2) is 35.5 Å². The third-order valence-corrected chi connectivity index (χ3v) is 2.92. The van der Waals surface area contributed by atoms with Crippen molar-refractivity contribution in [2.75, 3.05) is 0 Å². The summed E-state index contributed by atoms with van der Waals surface area (Å²) in [5.41, 5.74) is 0. The molecule has 0 unspecified atom stereocenters. The minimum Gasteiger partial charge on any atom is -0.875 e. The normalized spacial score (nSPS) is 11.8. The van der Waals surface area contributed by atoms with E-state index in [1.807, 2.05) is 41.5 Å². The van der Waals surface area contributed by atoms with Crippen LogP contribution in [0.5, 0.6) is 0 Å². The van der Waals surface area contributed by atoms with Gasteiger partial charge in [-0.15, -0.1) is 17.3 Å². The second-order valence-corrected chi connectivity index (χ2v) is 8.46. The molecule has 0 saturated carbocycles. The number of allylic oxidation sites excluding steroid dienone is 6. The average molecular weight is 471 g/mol. The molecule has 0 aromatic heterocycles. The molecule has 175 valence electrons. The predicted octanol–water partition coefficient (Wildman–Crippen LogP) is 2.59. The topological polar surface area (TPSA) is 120 Å². The summed E-state index contributed by atoms with van der Waals surface area (Å²) in [6, 6.07) is 0. The largest absolute Gasteiger partial charge is 3.00 e. The zero-order chi connectivity index (χ0) is 24.4. The standard InChI is InChI=1S/3C8H14O2.Ti/c3*1-6(2)4-8(10)5-7(3)9;/h3*5-6,10H,4H2,1-3H3;/q;;;+3/p-3. The first kappa shape index (κ1) is 36.7. The van der Waals surface area contributed by atoms with Gasteiger partial charge in [0.15, 0.2) is 17.3 Å². The summed E-state index contributed by atoms with van der Waals surface area (Å²) in [6.45, 7) is 15.9. The predicted molar refractivity (Wildman–Crippen MR) is 115 cm³/mol. The Morgan fingerprint density at radius 3 is 0.806 bits per heavy atom. The zero-order valence-electron chi connectivity index (χ0n) is 20.5. The van der Waals surface area contributed by atoms with Gasteiger partial charge in [0.1, 0.15) is 0 Å². The third-order valence-electron chi connectivity index (χ3n) is 2.92. The van der Waals surface area contributed by atoms with E-state index in [4.69, 9.17) is 0 Å². The van der Waals surface area contributed by atoms with Crippen molar-refractivity contribution in [3.05, 3.63) is 35.5 Å². The molecule has 0 aliphatic heterocycles. The molecule has 1 radical (unpaired) electrons. The second-order valence-electron chi connectivity index (χ2n) is 8.46. The Kier molecular flexibility index (Phi) is 25.5. The van der Waals surface area contributed by atoms with Gasteiger partial charge in [0.25, 0.3) is 0 Å². The maximum Gasteiger partial charge on any atom is 3.00 e. The van der Waals surface area contributed by atoms with Crippen LogP contribution in [0.3, 0.4) is 0 Å². The van der Waals surface area contributed by atoms with Crippen LogP contribution in [0, 0.1) is 17.8 Å². The number of carbonyl (C=O) groups is 3. The van der Waals surface area contributed by atoms with Gasteiger partial charge in [-0.3, -0.25) is 14.4 Å². The summed E-state index contributed by atoms with van der Waals surface area (Å²) in [7, 11) is 0. The molecular formula is C24H39O6Ti. The summed E-state index contributed by atoms with van der Waals surface area (Å²) in [6.07, 6.45) is 4.87. The van der Waals surface area contributed by atoms with E-state index in [0.29, 0.717) is 37.0 Å². The Bertz CT molecular complexity index is 528. The number of ketones is 3. The van der Waals surface area contributed by atoms with Crippen LogP contribution >= 0.6 is 0 Å². The monoisotopic (exact) mass is 471 g/mol. The first-order valence-electron chi connectivity index (χ1n) is 10.2. The maximum atomic E-state index is 10.8. The summed E-state index contributed by atoms with van der Waals surface area (Å²) in [5.74, 6) is 0.323. The molecule has 6 nitrogen and oxygen atoms in total. The molecule has 31 heavy (non-hydrogen) atoms. The molecule has 0 rings (SSSR count). The van der Waals surface area contributed by atoms with Gasteiger partial charge in [-0.05, 0) is 76.0 Å². The van der Waals surface area contributed by atoms with E-state index in [2.05, 4.69) is 0 Å². The van der Waals surface area contributed by atoms with Gasteiger partial charge in [-0.2, -0.15) is 0 Å². The van der Waals surface area contributed by atoms with Crippen molar-refractivity contribution < 1.29 is 51.4 Å². The maximum absolute atomic E-state index is 10.8. The van der Waals surface area contributed by atoms with Gasteiger partial charge in [0.2, 0.25) is 0 Å². The van der Waals surface area contributed by atoms with E-state index < -0.39 is 0 Å². The average Bonchev–Trinajstić information content (AvgIpc) is 2.42. The summed E-state index contributed by atoms with van der Waals surface area (Å²) < 4.78 is 0. The number of hydrogen-bond donors (Lipinski definition) is 0. The molecule has 0 aromatic carbocycles. The Balaban J connectivity index is -0.000000174. The van der Waals surface area contributed by atoms with Crippen LogP contribution in [0.1, 0.15) is 81.6 Å². The minimum absolute atomic E-state index is 0. The van der Waals surface area contributed by atoms with Gasteiger partial charge in [0, 0.05) is 0 Å². The number of rotatable bonds is 9. The van der Waals surface area contributed by atoms with Gasteiger partial charge >= 0.3 is 21.7 Å². The third kappa shape index (κ3) is 39.4. The van der Waals surface area contributed by atoms with E-state index in [1.54, 1.807) is 0 Å². The summed E-state index contributed by atoms with van der Waals surface area (Å²) in [4.78, 5) is 31.1. The van der Waals surface area contributed by atoms with E-state index in [1.165, 1.54) is 20.8 Å². The van der Waals surface area contributed by atoms with Gasteiger partial charge in [-0.25, -0.2) is 0 Å². The fraction of sp³-hybridized carbons (Fsp3) is 0.625. The smallest absolute Gasteiger partial charge is 0.875 e. The van der Waals surface area contributed by atoms with Gasteiger partial charge in [-0.1, -0.05) is 41.5 Å². The molecule has 0 spiro atoms. The van der Waals surface area contributed by atoms with Crippen LogP contribution < -0.4 is 15.3 Å². The molecule has 0 fully saturated rings. The summed E-state index contributed by atoms with van der Waals surface area (Å²) in [5, 5.41) is 32.4. The van der Waals surface area contributed by atoms with Gasteiger partial charge < -0.3 is 15.3 Å². The summed E-state index contributed by atoms with van der Waals surface area (Å²) >= 11 is 0. The van der Waals surface area contributed by atoms with Crippen molar-refractivity contribution >= 4 is 17.3 Å². The first-order chi connectivity index (χ1) is 13.6. The van der Waals surface area contributed by atoms with Crippen molar-refractivity contribution in [3.63, 3.8) is 0 Å². The molecule has 0 N–H and O–H groups in total. The molecular weight excluding hydrogens is 432 g/mol. The van der Waals surface area contributed by atoms with Crippen LogP contribution in [0.2, 0.25) is 0 Å². The molecule has 0 bridgehead atoms. The second kappa shape index (κ2) is 21.6. The number of carbonyl (C=O) groups excluding carboxylic acids is 3. The fourth-order valence-corrected chi connectivity index (χ4v) is 2.06. The molecule has 0 aliphatic carbocycles. The molecule has 0 aliphatic rings. The quantitative estimate of drug-likeness (QED) is 0.290. The van der Waals surface area contributed by atoms with E-state index in [-0.39, 0.29) is 56.3 Å².